The molecule has 2 N–H and O–H groups in total. The summed E-state index contributed by atoms with van der Waals surface area (Å²) in [4.78, 5) is 11.7. The molecular formula is C14H17N5O. The standard InChI is InChI=1S/C14H17N5O/c20-14(10-15-9-11-1-2-11)17-12-3-5-13(6-4-12)19-8-7-16-18-19/h3-8,11,15H,1-2,9-10H2,(H,17,20). The molecule has 6 nitrogen and oxygen atoms in total. The first-order valence-corrected chi connectivity index (χ1v) is 6.78. The Hall–Kier alpha value is -2.21. The number of carbonyl (C=O) groups excluding carboxylic acids is 1. The Morgan fingerprint density at radius 1 is 1.30 bits per heavy atom. The highest BCUT2D eigenvalue weighted by atomic mass is 16.1. The highest BCUT2D eigenvalue weighted by molar-refractivity contribution is 5.92. The van der Waals surface area contributed by atoms with Crippen LogP contribution in [0.1, 0.15) is 12.8 Å². The lowest BCUT2D eigenvalue weighted by atomic mass is 10.3. The first-order valence-electron chi connectivity index (χ1n) is 6.78. The van der Waals surface area contributed by atoms with Crippen LogP contribution in [0.4, 0.5) is 5.69 Å². The van der Waals surface area contributed by atoms with Crippen LogP contribution in [-0.4, -0.2) is 34.0 Å². The summed E-state index contributed by atoms with van der Waals surface area (Å²) in [5, 5.41) is 13.7. The van der Waals surface area contributed by atoms with E-state index in [1.165, 1.54) is 12.8 Å². The van der Waals surface area contributed by atoms with Crippen LogP contribution in [0, 0.1) is 5.92 Å². The fourth-order valence-electron chi connectivity index (χ4n) is 1.96. The van der Waals surface area contributed by atoms with E-state index in [-0.39, 0.29) is 5.91 Å². The molecule has 1 fully saturated rings. The van der Waals surface area contributed by atoms with Crippen molar-refractivity contribution >= 4 is 11.6 Å². The van der Waals surface area contributed by atoms with E-state index >= 15 is 0 Å². The average Bonchev–Trinajstić information content (AvgIpc) is 3.11. The summed E-state index contributed by atoms with van der Waals surface area (Å²) in [6, 6.07) is 7.50. The minimum Gasteiger partial charge on any atom is -0.325 e. The highest BCUT2D eigenvalue weighted by Gasteiger charge is 2.20. The zero-order valence-electron chi connectivity index (χ0n) is 11.1. The normalized spacial score (nSPS) is 14.2. The molecule has 1 saturated carbocycles. The van der Waals surface area contributed by atoms with Crippen LogP contribution in [0.2, 0.25) is 0 Å². The minimum absolute atomic E-state index is 0.0147. The van der Waals surface area contributed by atoms with E-state index in [0.717, 1.165) is 23.8 Å². The van der Waals surface area contributed by atoms with Crippen molar-refractivity contribution in [2.75, 3.05) is 18.4 Å². The monoisotopic (exact) mass is 271 g/mol. The quantitative estimate of drug-likeness (QED) is 0.828. The van der Waals surface area contributed by atoms with Crippen molar-refractivity contribution in [3.63, 3.8) is 0 Å². The second-order valence-corrected chi connectivity index (χ2v) is 5.02. The number of hydrogen-bond donors (Lipinski definition) is 2. The Labute approximate surface area is 117 Å². The van der Waals surface area contributed by atoms with E-state index in [4.69, 9.17) is 0 Å². The molecule has 0 aliphatic heterocycles. The van der Waals surface area contributed by atoms with E-state index in [1.54, 1.807) is 17.1 Å². The van der Waals surface area contributed by atoms with Crippen LogP contribution >= 0.6 is 0 Å². The smallest absolute Gasteiger partial charge is 0.238 e. The molecule has 1 aromatic carbocycles. The molecule has 0 atom stereocenters. The van der Waals surface area contributed by atoms with E-state index in [9.17, 15) is 4.79 Å². The number of benzene rings is 1. The predicted octanol–water partition coefficient (Wildman–Crippen LogP) is 1.21. The van der Waals surface area contributed by atoms with Gasteiger partial charge in [0.2, 0.25) is 5.91 Å². The number of rotatable bonds is 6. The van der Waals surface area contributed by atoms with Gasteiger partial charge >= 0.3 is 0 Å². The predicted molar refractivity (Wildman–Crippen MR) is 75.6 cm³/mol. The molecule has 1 aliphatic carbocycles. The lowest BCUT2D eigenvalue weighted by Crippen LogP contribution is -2.29. The first-order chi connectivity index (χ1) is 9.81. The molecule has 0 unspecified atom stereocenters. The van der Waals surface area contributed by atoms with Gasteiger partial charge in [0.1, 0.15) is 0 Å². The van der Waals surface area contributed by atoms with E-state index < -0.39 is 0 Å². The van der Waals surface area contributed by atoms with Crippen LogP contribution in [-0.2, 0) is 4.79 Å². The van der Waals surface area contributed by atoms with Crippen LogP contribution < -0.4 is 10.6 Å². The Morgan fingerprint density at radius 3 is 2.75 bits per heavy atom. The summed E-state index contributed by atoms with van der Waals surface area (Å²) < 4.78 is 1.67. The topological polar surface area (TPSA) is 71.8 Å². The summed E-state index contributed by atoms with van der Waals surface area (Å²) in [7, 11) is 0. The van der Waals surface area contributed by atoms with Gasteiger partial charge in [-0.15, -0.1) is 5.10 Å². The van der Waals surface area contributed by atoms with Crippen LogP contribution in [0.15, 0.2) is 36.7 Å². The molecule has 1 aromatic heterocycles. The van der Waals surface area contributed by atoms with Crippen molar-refractivity contribution in [1.82, 2.24) is 20.3 Å². The van der Waals surface area contributed by atoms with Gasteiger partial charge < -0.3 is 10.6 Å². The van der Waals surface area contributed by atoms with Crippen LogP contribution in [0.25, 0.3) is 5.69 Å². The molecule has 104 valence electrons. The number of hydrogen-bond acceptors (Lipinski definition) is 4. The van der Waals surface area contributed by atoms with Gasteiger partial charge in [0.25, 0.3) is 0 Å². The van der Waals surface area contributed by atoms with E-state index in [2.05, 4.69) is 20.9 Å². The summed E-state index contributed by atoms with van der Waals surface area (Å²) >= 11 is 0. The fourth-order valence-corrected chi connectivity index (χ4v) is 1.96. The largest absolute Gasteiger partial charge is 0.325 e. The minimum atomic E-state index is -0.0147. The summed E-state index contributed by atoms with van der Waals surface area (Å²) in [6.07, 6.45) is 5.98. The van der Waals surface area contributed by atoms with E-state index in [0.29, 0.717) is 6.54 Å². The van der Waals surface area contributed by atoms with Gasteiger partial charge in [-0.05, 0) is 49.6 Å². The lowest BCUT2D eigenvalue weighted by Gasteiger charge is -2.07. The van der Waals surface area contributed by atoms with Gasteiger partial charge in [-0.3, -0.25) is 4.79 Å². The number of nitrogens with zero attached hydrogens (tertiary/aromatic N) is 3. The van der Waals surface area contributed by atoms with Crippen molar-refractivity contribution in [3.8, 4) is 5.69 Å². The Kier molecular flexibility index (Phi) is 3.73. The first kappa shape index (κ1) is 12.8. The van der Waals surface area contributed by atoms with Crippen molar-refractivity contribution in [2.24, 2.45) is 5.92 Å². The lowest BCUT2D eigenvalue weighted by molar-refractivity contribution is -0.115. The van der Waals surface area contributed by atoms with Gasteiger partial charge in [0, 0.05) is 5.69 Å². The number of aromatic nitrogens is 3. The van der Waals surface area contributed by atoms with Gasteiger partial charge in [0.15, 0.2) is 0 Å². The molecule has 0 radical (unpaired) electrons. The zero-order valence-corrected chi connectivity index (χ0v) is 11.1. The second kappa shape index (κ2) is 5.83. The number of nitrogens with one attached hydrogen (secondary N) is 2. The van der Waals surface area contributed by atoms with Gasteiger partial charge in [0.05, 0.1) is 24.6 Å². The molecule has 1 aliphatic rings. The molecule has 0 saturated heterocycles. The van der Waals surface area contributed by atoms with Crippen molar-refractivity contribution < 1.29 is 4.79 Å². The maximum Gasteiger partial charge on any atom is 0.238 e. The zero-order chi connectivity index (χ0) is 13.8. The highest BCUT2D eigenvalue weighted by Crippen LogP contribution is 2.27. The molecule has 0 bridgehead atoms. The maximum atomic E-state index is 11.7. The SMILES string of the molecule is O=C(CNCC1CC1)Nc1ccc(-n2ccnn2)cc1. The number of anilines is 1. The van der Waals surface area contributed by atoms with Crippen molar-refractivity contribution in [1.29, 1.82) is 0 Å². The van der Waals surface area contributed by atoms with Crippen molar-refractivity contribution in [3.05, 3.63) is 36.7 Å². The Bertz CT molecular complexity index is 560. The fraction of sp³-hybridized carbons (Fsp3) is 0.357. The van der Waals surface area contributed by atoms with Crippen LogP contribution in [0.3, 0.4) is 0 Å². The maximum absolute atomic E-state index is 11.7. The van der Waals surface area contributed by atoms with Gasteiger partial charge in [-0.25, -0.2) is 4.68 Å². The molecule has 20 heavy (non-hydrogen) atoms. The molecule has 1 amide bonds. The number of carbonyl (C=O) groups is 1. The Balaban J connectivity index is 1.50. The molecule has 1 heterocycles. The third-order valence-electron chi connectivity index (χ3n) is 3.25. The number of amides is 1. The van der Waals surface area contributed by atoms with Gasteiger partial charge in [-0.2, -0.15) is 0 Å². The van der Waals surface area contributed by atoms with Crippen molar-refractivity contribution in [2.45, 2.75) is 12.8 Å². The molecule has 0 spiro atoms. The van der Waals surface area contributed by atoms with Gasteiger partial charge in [-0.1, -0.05) is 5.21 Å². The third kappa shape index (κ3) is 3.42. The second-order valence-electron chi connectivity index (χ2n) is 5.02. The molecular weight excluding hydrogens is 254 g/mol. The molecule has 6 heteroatoms. The molecule has 2 aromatic rings. The molecule has 3 rings (SSSR count). The summed E-state index contributed by atoms with van der Waals surface area (Å²) in [6.45, 7) is 1.31. The summed E-state index contributed by atoms with van der Waals surface area (Å²) in [5.74, 6) is 0.768. The third-order valence-corrected chi connectivity index (χ3v) is 3.25. The summed E-state index contributed by atoms with van der Waals surface area (Å²) in [5.41, 5.74) is 1.69. The Morgan fingerprint density at radius 2 is 2.10 bits per heavy atom. The van der Waals surface area contributed by atoms with Crippen LogP contribution in [0.5, 0.6) is 0 Å². The average molecular weight is 271 g/mol. The van der Waals surface area contributed by atoms with E-state index in [1.807, 2.05) is 24.3 Å².